The number of carbonyl (C=O) groups is 2. The Bertz CT molecular complexity index is 784. The standard InChI is InChI=1S/C17H20FN3O3/c1-4-7-21-11(3)16(10(2)20-21)17(24)19-13-6-5-12(8-15(22)23)14(18)9-13/h5-6,9H,4,7-8H2,1-3H3,(H,19,24)(H,22,23). The molecule has 6 nitrogen and oxygen atoms in total. The molecule has 24 heavy (non-hydrogen) atoms. The number of anilines is 1. The van der Waals surface area contributed by atoms with Gasteiger partial charge in [0.2, 0.25) is 0 Å². The molecule has 0 aliphatic carbocycles. The molecule has 0 saturated carbocycles. The van der Waals surface area contributed by atoms with Crippen molar-refractivity contribution in [1.29, 1.82) is 0 Å². The first-order valence-electron chi connectivity index (χ1n) is 7.69. The van der Waals surface area contributed by atoms with Gasteiger partial charge in [0.15, 0.2) is 0 Å². The highest BCUT2D eigenvalue weighted by Crippen LogP contribution is 2.19. The van der Waals surface area contributed by atoms with Crippen LogP contribution in [0, 0.1) is 19.7 Å². The largest absolute Gasteiger partial charge is 0.481 e. The number of aryl methyl sites for hydroxylation is 2. The maximum Gasteiger partial charge on any atom is 0.307 e. The number of aliphatic carboxylic acids is 1. The predicted molar refractivity (Wildman–Crippen MR) is 87.7 cm³/mol. The number of hydrogen-bond acceptors (Lipinski definition) is 3. The van der Waals surface area contributed by atoms with Crippen molar-refractivity contribution in [2.75, 3.05) is 5.32 Å². The van der Waals surface area contributed by atoms with Crippen molar-refractivity contribution in [1.82, 2.24) is 9.78 Å². The lowest BCUT2D eigenvalue weighted by molar-refractivity contribution is -0.136. The molecule has 0 radical (unpaired) electrons. The molecule has 2 N–H and O–H groups in total. The zero-order chi connectivity index (χ0) is 17.9. The van der Waals surface area contributed by atoms with Gasteiger partial charge in [-0.15, -0.1) is 0 Å². The number of carbonyl (C=O) groups excluding carboxylic acids is 1. The van der Waals surface area contributed by atoms with E-state index in [1.807, 2.05) is 13.8 Å². The summed E-state index contributed by atoms with van der Waals surface area (Å²) < 4.78 is 15.7. The van der Waals surface area contributed by atoms with E-state index >= 15 is 0 Å². The average molecular weight is 333 g/mol. The molecule has 0 aliphatic heterocycles. The molecule has 128 valence electrons. The Balaban J connectivity index is 2.21. The minimum atomic E-state index is -1.11. The molecule has 1 aromatic carbocycles. The van der Waals surface area contributed by atoms with Crippen LogP contribution in [0.1, 0.15) is 40.7 Å². The summed E-state index contributed by atoms with van der Waals surface area (Å²) in [5.41, 5.74) is 2.19. The number of carboxylic acid groups (broad SMARTS) is 1. The fourth-order valence-electron chi connectivity index (χ4n) is 2.58. The molecule has 2 aromatic rings. The highest BCUT2D eigenvalue weighted by Gasteiger charge is 2.19. The fourth-order valence-corrected chi connectivity index (χ4v) is 2.58. The van der Waals surface area contributed by atoms with Crippen LogP contribution in [0.3, 0.4) is 0 Å². The third-order valence-electron chi connectivity index (χ3n) is 3.70. The van der Waals surface area contributed by atoms with Gasteiger partial charge >= 0.3 is 5.97 Å². The van der Waals surface area contributed by atoms with E-state index in [4.69, 9.17) is 5.11 Å². The molecule has 1 amide bonds. The van der Waals surface area contributed by atoms with E-state index in [-0.39, 0.29) is 17.2 Å². The number of nitrogens with zero attached hydrogens (tertiary/aromatic N) is 2. The second-order valence-electron chi connectivity index (χ2n) is 5.60. The van der Waals surface area contributed by atoms with Gasteiger partial charge in [-0.3, -0.25) is 14.3 Å². The van der Waals surface area contributed by atoms with Gasteiger partial charge in [-0.05, 0) is 38.0 Å². The average Bonchev–Trinajstić information content (AvgIpc) is 2.76. The lowest BCUT2D eigenvalue weighted by Crippen LogP contribution is -2.15. The van der Waals surface area contributed by atoms with Crippen LogP contribution < -0.4 is 5.32 Å². The van der Waals surface area contributed by atoms with Crippen molar-refractivity contribution >= 4 is 17.6 Å². The summed E-state index contributed by atoms with van der Waals surface area (Å²) in [6, 6.07) is 3.97. The smallest absolute Gasteiger partial charge is 0.307 e. The quantitative estimate of drug-likeness (QED) is 0.851. The molecule has 1 aromatic heterocycles. The van der Waals surface area contributed by atoms with Gasteiger partial charge in [0.1, 0.15) is 5.82 Å². The zero-order valence-corrected chi connectivity index (χ0v) is 13.9. The Labute approximate surface area is 139 Å². The zero-order valence-electron chi connectivity index (χ0n) is 13.9. The summed E-state index contributed by atoms with van der Waals surface area (Å²) in [5.74, 6) is -2.14. The Morgan fingerprint density at radius 2 is 2.04 bits per heavy atom. The van der Waals surface area contributed by atoms with Crippen molar-refractivity contribution in [3.8, 4) is 0 Å². The number of carboxylic acids is 1. The van der Waals surface area contributed by atoms with Crippen LogP contribution in [0.4, 0.5) is 10.1 Å². The molecule has 1 heterocycles. The minimum Gasteiger partial charge on any atom is -0.481 e. The number of halogens is 1. The van der Waals surface area contributed by atoms with E-state index in [9.17, 15) is 14.0 Å². The Kier molecular flexibility index (Phi) is 5.33. The minimum absolute atomic E-state index is 0.0728. The van der Waals surface area contributed by atoms with Crippen molar-refractivity contribution in [2.45, 2.75) is 40.2 Å². The van der Waals surface area contributed by atoms with E-state index in [1.54, 1.807) is 11.6 Å². The number of amides is 1. The first kappa shape index (κ1) is 17.7. The molecular formula is C17H20FN3O3. The molecule has 0 aliphatic rings. The van der Waals surface area contributed by atoms with Crippen LogP contribution in [0.2, 0.25) is 0 Å². The van der Waals surface area contributed by atoms with Gasteiger partial charge in [-0.25, -0.2) is 4.39 Å². The molecule has 0 fully saturated rings. The summed E-state index contributed by atoms with van der Waals surface area (Å²) in [6.07, 6.45) is 0.501. The van der Waals surface area contributed by atoms with Crippen molar-refractivity contribution in [3.05, 3.63) is 46.5 Å². The second-order valence-corrected chi connectivity index (χ2v) is 5.60. The van der Waals surface area contributed by atoms with Gasteiger partial charge in [-0.1, -0.05) is 13.0 Å². The normalized spacial score (nSPS) is 10.7. The number of aromatic nitrogens is 2. The summed E-state index contributed by atoms with van der Waals surface area (Å²) >= 11 is 0. The summed E-state index contributed by atoms with van der Waals surface area (Å²) in [7, 11) is 0. The van der Waals surface area contributed by atoms with E-state index in [0.29, 0.717) is 11.3 Å². The molecule has 0 unspecified atom stereocenters. The van der Waals surface area contributed by atoms with E-state index in [2.05, 4.69) is 10.4 Å². The maximum atomic E-state index is 13.9. The molecule has 0 spiro atoms. The topological polar surface area (TPSA) is 84.2 Å². The first-order valence-corrected chi connectivity index (χ1v) is 7.69. The Hall–Kier alpha value is -2.70. The second kappa shape index (κ2) is 7.25. The predicted octanol–water partition coefficient (Wildman–Crippen LogP) is 2.93. The molecule has 0 bridgehead atoms. The van der Waals surface area contributed by atoms with Crippen molar-refractivity contribution < 1.29 is 19.1 Å². The Morgan fingerprint density at radius 3 is 2.62 bits per heavy atom. The monoisotopic (exact) mass is 333 g/mol. The van der Waals surface area contributed by atoms with Crippen LogP contribution in [0.15, 0.2) is 18.2 Å². The van der Waals surface area contributed by atoms with Crippen molar-refractivity contribution in [3.63, 3.8) is 0 Å². The van der Waals surface area contributed by atoms with Crippen LogP contribution in [0.25, 0.3) is 0 Å². The van der Waals surface area contributed by atoms with Gasteiger partial charge in [0, 0.05) is 17.9 Å². The SMILES string of the molecule is CCCn1nc(C)c(C(=O)Nc2ccc(CC(=O)O)c(F)c2)c1C. The van der Waals surface area contributed by atoms with E-state index < -0.39 is 18.2 Å². The molecule has 0 saturated heterocycles. The van der Waals surface area contributed by atoms with Gasteiger partial charge in [0.25, 0.3) is 5.91 Å². The van der Waals surface area contributed by atoms with E-state index in [0.717, 1.165) is 24.7 Å². The third-order valence-corrected chi connectivity index (χ3v) is 3.70. The summed E-state index contributed by atoms with van der Waals surface area (Å²) in [6.45, 7) is 6.32. The van der Waals surface area contributed by atoms with Crippen LogP contribution in [-0.2, 0) is 17.8 Å². The molecule has 7 heteroatoms. The Morgan fingerprint density at radius 1 is 1.33 bits per heavy atom. The van der Waals surface area contributed by atoms with Crippen LogP contribution >= 0.6 is 0 Å². The lowest BCUT2D eigenvalue weighted by atomic mass is 10.1. The van der Waals surface area contributed by atoms with Crippen LogP contribution in [-0.4, -0.2) is 26.8 Å². The highest BCUT2D eigenvalue weighted by atomic mass is 19.1. The van der Waals surface area contributed by atoms with Crippen molar-refractivity contribution in [2.24, 2.45) is 0 Å². The maximum absolute atomic E-state index is 13.9. The van der Waals surface area contributed by atoms with Crippen LogP contribution in [0.5, 0.6) is 0 Å². The number of benzene rings is 1. The fraction of sp³-hybridized carbons (Fsp3) is 0.353. The number of nitrogens with one attached hydrogen (secondary N) is 1. The van der Waals surface area contributed by atoms with Gasteiger partial charge in [-0.2, -0.15) is 5.10 Å². The summed E-state index contributed by atoms with van der Waals surface area (Å²) in [4.78, 5) is 23.1. The number of hydrogen-bond donors (Lipinski definition) is 2. The number of rotatable bonds is 6. The molecule has 0 atom stereocenters. The first-order chi connectivity index (χ1) is 11.3. The van der Waals surface area contributed by atoms with Gasteiger partial charge < -0.3 is 10.4 Å². The van der Waals surface area contributed by atoms with E-state index in [1.165, 1.54) is 12.1 Å². The van der Waals surface area contributed by atoms with Gasteiger partial charge in [0.05, 0.1) is 17.7 Å². The highest BCUT2D eigenvalue weighted by molar-refractivity contribution is 6.05. The molecule has 2 rings (SSSR count). The summed E-state index contributed by atoms with van der Waals surface area (Å²) in [5, 5.41) is 15.7. The lowest BCUT2D eigenvalue weighted by Gasteiger charge is -2.08. The molecular weight excluding hydrogens is 313 g/mol. The third kappa shape index (κ3) is 3.79.